The molecule has 1 aromatic heterocycles. The molecule has 0 atom stereocenters. The number of rotatable bonds is 7. The molecule has 7 nitrogen and oxygen atoms in total. The summed E-state index contributed by atoms with van der Waals surface area (Å²) < 4.78 is 27.2. The van der Waals surface area contributed by atoms with Crippen molar-refractivity contribution in [1.82, 2.24) is 9.29 Å². The number of thiazole rings is 1. The lowest BCUT2D eigenvalue weighted by atomic mass is 10.0. The first-order valence-electron chi connectivity index (χ1n) is 8.40. The van der Waals surface area contributed by atoms with Gasteiger partial charge in [-0.05, 0) is 36.8 Å². The Hall–Kier alpha value is -2.75. The van der Waals surface area contributed by atoms with Crippen LogP contribution in [0.5, 0.6) is 0 Å². The van der Waals surface area contributed by atoms with Crippen molar-refractivity contribution in [3.05, 3.63) is 70.7 Å². The summed E-state index contributed by atoms with van der Waals surface area (Å²) in [6, 6.07) is 14.2. The van der Waals surface area contributed by atoms with Crippen molar-refractivity contribution in [3.63, 3.8) is 0 Å². The molecule has 0 aliphatic rings. The number of ketones is 1. The van der Waals surface area contributed by atoms with Gasteiger partial charge in [-0.1, -0.05) is 35.6 Å². The lowest BCUT2D eigenvalue weighted by Crippen LogP contribution is -2.28. The zero-order valence-corrected chi connectivity index (χ0v) is 17.3. The number of anilines is 3. The summed E-state index contributed by atoms with van der Waals surface area (Å²) in [5, 5.41) is 3.71. The molecule has 0 fully saturated rings. The SMILES string of the molecule is Cc1ccccc1C(=O)c1cnc(Nc2ccc(NS(=O)(=O)N(C)C)cc2)s1. The number of nitrogens with zero attached hydrogens (tertiary/aromatic N) is 2. The van der Waals surface area contributed by atoms with Gasteiger partial charge >= 0.3 is 10.2 Å². The van der Waals surface area contributed by atoms with E-state index in [2.05, 4.69) is 15.0 Å². The zero-order valence-electron chi connectivity index (χ0n) is 15.6. The van der Waals surface area contributed by atoms with Gasteiger partial charge in [0.1, 0.15) is 0 Å². The standard InChI is InChI=1S/C19H20N4O3S2/c1-13-6-4-5-7-16(13)18(24)17-12-20-19(27-17)21-14-8-10-15(11-9-14)22-28(25,26)23(2)3/h4-12,22H,1-3H3,(H,20,21). The van der Waals surface area contributed by atoms with Crippen molar-refractivity contribution >= 4 is 43.8 Å². The van der Waals surface area contributed by atoms with Gasteiger partial charge in [0.25, 0.3) is 0 Å². The van der Waals surface area contributed by atoms with Crippen LogP contribution >= 0.6 is 11.3 Å². The second-order valence-corrected chi connectivity index (χ2v) is 9.18. The van der Waals surface area contributed by atoms with Crippen molar-refractivity contribution in [2.75, 3.05) is 24.1 Å². The molecular formula is C19H20N4O3S2. The molecule has 0 radical (unpaired) electrons. The highest BCUT2D eigenvalue weighted by Crippen LogP contribution is 2.26. The molecule has 1 heterocycles. The fourth-order valence-electron chi connectivity index (χ4n) is 2.38. The van der Waals surface area contributed by atoms with Crippen LogP contribution in [-0.2, 0) is 10.2 Å². The van der Waals surface area contributed by atoms with Crippen LogP contribution in [0.3, 0.4) is 0 Å². The largest absolute Gasteiger partial charge is 0.332 e. The van der Waals surface area contributed by atoms with E-state index in [0.29, 0.717) is 21.3 Å². The van der Waals surface area contributed by atoms with Crippen molar-refractivity contribution < 1.29 is 13.2 Å². The molecule has 3 aromatic rings. The number of aryl methyl sites for hydroxylation is 1. The number of carbonyl (C=O) groups excluding carboxylic acids is 1. The summed E-state index contributed by atoms with van der Waals surface area (Å²) in [4.78, 5) is 17.4. The Morgan fingerprint density at radius 2 is 1.68 bits per heavy atom. The van der Waals surface area contributed by atoms with Crippen LogP contribution in [0.1, 0.15) is 20.8 Å². The molecule has 9 heteroatoms. The first kappa shape index (κ1) is 20.0. The van der Waals surface area contributed by atoms with E-state index in [9.17, 15) is 13.2 Å². The Balaban J connectivity index is 1.70. The Morgan fingerprint density at radius 3 is 2.32 bits per heavy atom. The number of nitrogens with one attached hydrogen (secondary N) is 2. The van der Waals surface area contributed by atoms with Crippen LogP contribution in [0.15, 0.2) is 54.7 Å². The average Bonchev–Trinajstić information content (AvgIpc) is 3.11. The third-order valence-corrected chi connectivity index (χ3v) is 6.35. The van der Waals surface area contributed by atoms with Crippen LogP contribution in [0.4, 0.5) is 16.5 Å². The highest BCUT2D eigenvalue weighted by molar-refractivity contribution is 7.90. The number of hydrogen-bond donors (Lipinski definition) is 2. The van der Waals surface area contributed by atoms with Crippen molar-refractivity contribution in [3.8, 4) is 0 Å². The van der Waals surface area contributed by atoms with Crippen LogP contribution in [0.2, 0.25) is 0 Å². The Labute approximate surface area is 168 Å². The van der Waals surface area contributed by atoms with Gasteiger partial charge in [0.05, 0.1) is 11.1 Å². The second kappa shape index (κ2) is 8.09. The number of aromatic nitrogens is 1. The van der Waals surface area contributed by atoms with E-state index in [0.717, 1.165) is 15.6 Å². The molecule has 0 spiro atoms. The fourth-order valence-corrected chi connectivity index (χ4v) is 3.79. The normalized spacial score (nSPS) is 11.4. The maximum atomic E-state index is 12.6. The molecule has 0 unspecified atom stereocenters. The van der Waals surface area contributed by atoms with Gasteiger partial charge in [-0.25, -0.2) is 4.98 Å². The van der Waals surface area contributed by atoms with Gasteiger partial charge in [-0.15, -0.1) is 0 Å². The van der Waals surface area contributed by atoms with E-state index in [1.165, 1.54) is 25.4 Å². The molecule has 0 aliphatic heterocycles. The summed E-state index contributed by atoms with van der Waals surface area (Å²) in [5.74, 6) is -0.0583. The van der Waals surface area contributed by atoms with Gasteiger partial charge < -0.3 is 5.32 Å². The van der Waals surface area contributed by atoms with E-state index in [4.69, 9.17) is 0 Å². The van der Waals surface area contributed by atoms with Gasteiger partial charge in [0.15, 0.2) is 5.13 Å². The van der Waals surface area contributed by atoms with Gasteiger partial charge in [-0.2, -0.15) is 12.7 Å². The minimum atomic E-state index is -3.54. The van der Waals surface area contributed by atoms with E-state index in [1.54, 1.807) is 36.5 Å². The van der Waals surface area contributed by atoms with Crippen LogP contribution in [0, 0.1) is 6.92 Å². The molecule has 146 valence electrons. The Bertz CT molecular complexity index is 1090. The predicted octanol–water partition coefficient (Wildman–Crippen LogP) is 3.64. The van der Waals surface area contributed by atoms with E-state index < -0.39 is 10.2 Å². The minimum Gasteiger partial charge on any atom is -0.332 e. The van der Waals surface area contributed by atoms with Gasteiger partial charge in [-0.3, -0.25) is 9.52 Å². The summed E-state index contributed by atoms with van der Waals surface area (Å²) in [6.45, 7) is 1.90. The van der Waals surface area contributed by atoms with Gasteiger partial charge in [0.2, 0.25) is 5.78 Å². The molecule has 0 bridgehead atoms. The smallest absolute Gasteiger partial charge is 0.301 e. The van der Waals surface area contributed by atoms with E-state index in [-0.39, 0.29) is 5.78 Å². The van der Waals surface area contributed by atoms with Gasteiger partial charge in [0, 0.05) is 31.0 Å². The summed E-state index contributed by atoms with van der Waals surface area (Å²) in [7, 11) is -0.634. The van der Waals surface area contributed by atoms with E-state index in [1.807, 2.05) is 25.1 Å². The van der Waals surface area contributed by atoms with E-state index >= 15 is 0 Å². The second-order valence-electron chi connectivity index (χ2n) is 6.27. The van der Waals surface area contributed by atoms with Crippen molar-refractivity contribution in [2.45, 2.75) is 6.92 Å². The first-order valence-corrected chi connectivity index (χ1v) is 10.7. The topological polar surface area (TPSA) is 91.4 Å². The molecule has 0 saturated carbocycles. The molecule has 3 rings (SSSR count). The van der Waals surface area contributed by atoms with Crippen LogP contribution < -0.4 is 10.0 Å². The van der Waals surface area contributed by atoms with Crippen LogP contribution in [-0.4, -0.2) is 37.6 Å². The summed E-state index contributed by atoms with van der Waals surface area (Å²) >= 11 is 1.27. The molecule has 28 heavy (non-hydrogen) atoms. The first-order chi connectivity index (χ1) is 13.3. The highest BCUT2D eigenvalue weighted by Gasteiger charge is 2.15. The lowest BCUT2D eigenvalue weighted by Gasteiger charge is -2.13. The fraction of sp³-hybridized carbons (Fsp3) is 0.158. The quantitative estimate of drug-likeness (QED) is 0.574. The Kier molecular flexibility index (Phi) is 5.78. The molecule has 2 N–H and O–H groups in total. The van der Waals surface area contributed by atoms with Crippen molar-refractivity contribution in [2.24, 2.45) is 0 Å². The molecular weight excluding hydrogens is 396 g/mol. The molecule has 2 aromatic carbocycles. The monoisotopic (exact) mass is 416 g/mol. The highest BCUT2D eigenvalue weighted by atomic mass is 32.2. The zero-order chi connectivity index (χ0) is 20.3. The summed E-state index contributed by atoms with van der Waals surface area (Å²) in [5.41, 5.74) is 2.77. The minimum absolute atomic E-state index is 0.0583. The van der Waals surface area contributed by atoms with Crippen molar-refractivity contribution in [1.29, 1.82) is 0 Å². The molecule has 0 saturated heterocycles. The Morgan fingerprint density at radius 1 is 1.04 bits per heavy atom. The predicted molar refractivity (Wildman–Crippen MR) is 113 cm³/mol. The molecule has 0 amide bonds. The van der Waals surface area contributed by atoms with Crippen LogP contribution in [0.25, 0.3) is 0 Å². The number of benzene rings is 2. The number of hydrogen-bond acceptors (Lipinski definition) is 6. The number of carbonyl (C=O) groups is 1. The maximum Gasteiger partial charge on any atom is 0.301 e. The maximum absolute atomic E-state index is 12.6. The lowest BCUT2D eigenvalue weighted by molar-refractivity contribution is 0.104. The summed E-state index contributed by atoms with van der Waals surface area (Å²) in [6.07, 6.45) is 1.56. The third-order valence-electron chi connectivity index (χ3n) is 3.98. The third kappa shape index (κ3) is 4.56. The molecule has 0 aliphatic carbocycles. The average molecular weight is 417 g/mol.